The predicted molar refractivity (Wildman–Crippen MR) is 64.9 cm³/mol. The maximum atomic E-state index is 12.2. The van der Waals surface area contributed by atoms with Crippen LogP contribution in [0, 0.1) is 5.41 Å². The molecule has 1 aliphatic heterocycles. The molecule has 1 saturated heterocycles. The molecule has 0 N–H and O–H groups in total. The molecule has 5 nitrogen and oxygen atoms in total. The molecule has 0 bridgehead atoms. The van der Waals surface area contributed by atoms with Gasteiger partial charge in [0.2, 0.25) is 5.79 Å². The van der Waals surface area contributed by atoms with Gasteiger partial charge in [0.1, 0.15) is 5.78 Å². The van der Waals surface area contributed by atoms with E-state index in [9.17, 15) is 9.59 Å². The predicted octanol–water partition coefficient (Wildman–Crippen LogP) is 1.69. The van der Waals surface area contributed by atoms with Crippen LogP contribution in [0.25, 0.3) is 0 Å². The van der Waals surface area contributed by atoms with Gasteiger partial charge in [-0.2, -0.15) is 0 Å². The summed E-state index contributed by atoms with van der Waals surface area (Å²) in [5, 5.41) is 0. The molecule has 0 saturated carbocycles. The summed E-state index contributed by atoms with van der Waals surface area (Å²) in [5.74, 6) is -1.76. The van der Waals surface area contributed by atoms with E-state index in [4.69, 9.17) is 14.2 Å². The van der Waals surface area contributed by atoms with E-state index in [1.165, 1.54) is 14.2 Å². The zero-order valence-electron chi connectivity index (χ0n) is 11.7. The molecule has 104 valence electrons. The molecule has 0 aromatic heterocycles. The molecule has 1 aliphatic rings. The molecular formula is C13H22O5. The Kier molecular flexibility index (Phi) is 4.64. The SMILES string of the molecule is COC1CCC(OC)(C(=O)CC(=O)C(C)(C)C)O1. The third kappa shape index (κ3) is 3.16. The quantitative estimate of drug-likeness (QED) is 0.702. The highest BCUT2D eigenvalue weighted by molar-refractivity contribution is 6.04. The molecule has 0 aromatic carbocycles. The van der Waals surface area contributed by atoms with Gasteiger partial charge in [0.25, 0.3) is 0 Å². The minimum atomic E-state index is -1.32. The Bertz CT molecular complexity index is 331. The van der Waals surface area contributed by atoms with E-state index < -0.39 is 17.5 Å². The Labute approximate surface area is 108 Å². The lowest BCUT2D eigenvalue weighted by molar-refractivity contribution is -0.245. The summed E-state index contributed by atoms with van der Waals surface area (Å²) in [7, 11) is 2.93. The Morgan fingerprint density at radius 1 is 1.33 bits per heavy atom. The first kappa shape index (κ1) is 15.3. The van der Waals surface area contributed by atoms with Crippen molar-refractivity contribution in [1.29, 1.82) is 0 Å². The van der Waals surface area contributed by atoms with Crippen molar-refractivity contribution in [2.45, 2.75) is 52.1 Å². The molecule has 0 amide bonds. The van der Waals surface area contributed by atoms with Gasteiger partial charge in [-0.3, -0.25) is 9.59 Å². The van der Waals surface area contributed by atoms with Gasteiger partial charge in [-0.1, -0.05) is 20.8 Å². The minimum Gasteiger partial charge on any atom is -0.356 e. The lowest BCUT2D eigenvalue weighted by Gasteiger charge is -2.27. The second-order valence-corrected chi connectivity index (χ2v) is 5.55. The summed E-state index contributed by atoms with van der Waals surface area (Å²) in [6.07, 6.45) is 0.380. The van der Waals surface area contributed by atoms with E-state index >= 15 is 0 Å². The van der Waals surface area contributed by atoms with E-state index in [-0.39, 0.29) is 18.0 Å². The van der Waals surface area contributed by atoms with Gasteiger partial charge in [-0.15, -0.1) is 0 Å². The summed E-state index contributed by atoms with van der Waals surface area (Å²) in [4.78, 5) is 24.1. The Hall–Kier alpha value is -0.780. The molecule has 1 heterocycles. The number of carbonyl (C=O) groups is 2. The smallest absolute Gasteiger partial charge is 0.231 e. The second-order valence-electron chi connectivity index (χ2n) is 5.55. The fourth-order valence-electron chi connectivity index (χ4n) is 1.82. The van der Waals surface area contributed by atoms with Gasteiger partial charge >= 0.3 is 0 Å². The molecule has 0 spiro atoms. The van der Waals surface area contributed by atoms with Crippen LogP contribution in [-0.2, 0) is 23.8 Å². The minimum absolute atomic E-state index is 0.117. The van der Waals surface area contributed by atoms with Gasteiger partial charge < -0.3 is 14.2 Å². The van der Waals surface area contributed by atoms with Crippen LogP contribution in [0.2, 0.25) is 0 Å². The average molecular weight is 258 g/mol. The highest BCUT2D eigenvalue weighted by Crippen LogP contribution is 2.34. The van der Waals surface area contributed by atoms with E-state index in [0.29, 0.717) is 12.8 Å². The van der Waals surface area contributed by atoms with Crippen molar-refractivity contribution < 1.29 is 23.8 Å². The van der Waals surface area contributed by atoms with Gasteiger partial charge in [0.15, 0.2) is 12.1 Å². The van der Waals surface area contributed by atoms with Crippen molar-refractivity contribution in [2.75, 3.05) is 14.2 Å². The van der Waals surface area contributed by atoms with Crippen molar-refractivity contribution in [3.8, 4) is 0 Å². The van der Waals surface area contributed by atoms with Gasteiger partial charge in [-0.05, 0) is 0 Å². The standard InChI is InChI=1S/C13H22O5/c1-12(2,3)9(14)8-10(15)13(17-5)7-6-11(16-4)18-13/h11H,6-8H2,1-5H3. The Morgan fingerprint density at radius 3 is 2.33 bits per heavy atom. The molecule has 2 unspecified atom stereocenters. The number of ketones is 2. The second kappa shape index (κ2) is 5.47. The van der Waals surface area contributed by atoms with Crippen molar-refractivity contribution >= 4 is 11.6 Å². The first-order chi connectivity index (χ1) is 8.25. The van der Waals surface area contributed by atoms with Crippen LogP contribution in [0.1, 0.15) is 40.0 Å². The topological polar surface area (TPSA) is 61.8 Å². The maximum Gasteiger partial charge on any atom is 0.231 e. The van der Waals surface area contributed by atoms with Crippen molar-refractivity contribution in [3.05, 3.63) is 0 Å². The summed E-state index contributed by atoms with van der Waals surface area (Å²) < 4.78 is 15.7. The van der Waals surface area contributed by atoms with E-state index in [0.717, 1.165) is 0 Å². The van der Waals surface area contributed by atoms with E-state index in [2.05, 4.69) is 0 Å². The number of ether oxygens (including phenoxy) is 3. The van der Waals surface area contributed by atoms with Crippen molar-refractivity contribution in [2.24, 2.45) is 5.41 Å². The third-order valence-corrected chi connectivity index (χ3v) is 3.21. The van der Waals surface area contributed by atoms with Gasteiger partial charge in [0, 0.05) is 32.5 Å². The Morgan fingerprint density at radius 2 is 1.94 bits per heavy atom. The number of Topliss-reactive ketones (excluding diaryl/α,β-unsaturated/α-hetero) is 2. The monoisotopic (exact) mass is 258 g/mol. The molecule has 0 aromatic rings. The van der Waals surface area contributed by atoms with Crippen LogP contribution >= 0.6 is 0 Å². The number of hydrogen-bond acceptors (Lipinski definition) is 5. The van der Waals surface area contributed by atoms with Crippen LogP contribution in [0.3, 0.4) is 0 Å². The zero-order valence-corrected chi connectivity index (χ0v) is 11.7. The fourth-order valence-corrected chi connectivity index (χ4v) is 1.82. The van der Waals surface area contributed by atoms with Crippen LogP contribution in [-0.4, -0.2) is 37.9 Å². The highest BCUT2D eigenvalue weighted by atomic mass is 16.8. The van der Waals surface area contributed by atoms with Gasteiger partial charge in [-0.25, -0.2) is 0 Å². The van der Waals surface area contributed by atoms with Gasteiger partial charge in [0.05, 0.1) is 6.42 Å². The van der Waals surface area contributed by atoms with Crippen molar-refractivity contribution in [3.63, 3.8) is 0 Å². The summed E-state index contributed by atoms with van der Waals surface area (Å²) in [6.45, 7) is 5.36. The molecule has 1 fully saturated rings. The maximum absolute atomic E-state index is 12.2. The van der Waals surface area contributed by atoms with Crippen LogP contribution in [0.4, 0.5) is 0 Å². The number of rotatable bonds is 5. The lowest BCUT2D eigenvalue weighted by Crippen LogP contribution is -2.43. The summed E-state index contributed by atoms with van der Waals surface area (Å²) >= 11 is 0. The molecule has 0 radical (unpaired) electrons. The van der Waals surface area contributed by atoms with Crippen LogP contribution < -0.4 is 0 Å². The fraction of sp³-hybridized carbons (Fsp3) is 0.846. The summed E-state index contributed by atoms with van der Waals surface area (Å²) in [6, 6.07) is 0. The van der Waals surface area contributed by atoms with E-state index in [1.807, 2.05) is 0 Å². The largest absolute Gasteiger partial charge is 0.356 e. The molecule has 0 aliphatic carbocycles. The normalized spacial score (nSPS) is 28.4. The molecular weight excluding hydrogens is 236 g/mol. The lowest BCUT2D eigenvalue weighted by atomic mass is 9.86. The molecule has 5 heteroatoms. The van der Waals surface area contributed by atoms with E-state index in [1.54, 1.807) is 20.8 Å². The summed E-state index contributed by atoms with van der Waals surface area (Å²) in [5.41, 5.74) is -0.538. The molecule has 2 atom stereocenters. The number of methoxy groups -OCH3 is 2. The first-order valence-electron chi connectivity index (χ1n) is 6.07. The highest BCUT2D eigenvalue weighted by Gasteiger charge is 2.48. The molecule has 18 heavy (non-hydrogen) atoms. The Balaban J connectivity index is 2.73. The van der Waals surface area contributed by atoms with Crippen molar-refractivity contribution in [1.82, 2.24) is 0 Å². The number of hydrogen-bond donors (Lipinski definition) is 0. The average Bonchev–Trinajstić information content (AvgIpc) is 2.72. The van der Waals surface area contributed by atoms with Crippen LogP contribution in [0.5, 0.6) is 0 Å². The molecule has 1 rings (SSSR count). The first-order valence-corrected chi connectivity index (χ1v) is 6.07. The zero-order chi connectivity index (χ0) is 14.0. The third-order valence-electron chi connectivity index (χ3n) is 3.21. The number of carbonyl (C=O) groups excluding carboxylic acids is 2. The van der Waals surface area contributed by atoms with Crippen LogP contribution in [0.15, 0.2) is 0 Å².